The minimum absolute atomic E-state index is 0.0102. The summed E-state index contributed by atoms with van der Waals surface area (Å²) in [5.41, 5.74) is -0.864. The fraction of sp³-hybridized carbons (Fsp3) is 0.444. The SMILES string of the molecule is C=CCN(C(=O)CCNC(=O)c1ccccc1F)C1(C)CCS(=O)(=O)C1. The number of sulfone groups is 1. The Kier molecular flexibility index (Phi) is 6.17. The summed E-state index contributed by atoms with van der Waals surface area (Å²) >= 11 is 0. The van der Waals surface area contributed by atoms with E-state index in [0.29, 0.717) is 6.42 Å². The van der Waals surface area contributed by atoms with Crippen LogP contribution in [0.25, 0.3) is 0 Å². The van der Waals surface area contributed by atoms with E-state index in [1.165, 1.54) is 23.1 Å². The number of benzene rings is 1. The maximum atomic E-state index is 13.6. The van der Waals surface area contributed by atoms with Gasteiger partial charge in [0.15, 0.2) is 9.84 Å². The second kappa shape index (κ2) is 7.99. The highest BCUT2D eigenvalue weighted by Gasteiger charge is 2.44. The number of carbonyl (C=O) groups is 2. The van der Waals surface area contributed by atoms with Gasteiger partial charge in [0.25, 0.3) is 5.91 Å². The lowest BCUT2D eigenvalue weighted by Crippen LogP contribution is -2.51. The van der Waals surface area contributed by atoms with Crippen molar-refractivity contribution in [3.63, 3.8) is 0 Å². The fourth-order valence-corrected chi connectivity index (χ4v) is 5.26. The molecule has 1 atom stereocenters. The molecule has 0 spiro atoms. The van der Waals surface area contributed by atoms with E-state index in [1.54, 1.807) is 19.1 Å². The summed E-state index contributed by atoms with van der Waals surface area (Å²) in [5.74, 6) is -1.54. The Morgan fingerprint density at radius 3 is 2.65 bits per heavy atom. The van der Waals surface area contributed by atoms with Gasteiger partial charge in [-0.25, -0.2) is 12.8 Å². The summed E-state index contributed by atoms with van der Waals surface area (Å²) in [6.45, 7) is 5.63. The number of halogens is 1. The average molecular weight is 382 g/mol. The van der Waals surface area contributed by atoms with Gasteiger partial charge >= 0.3 is 0 Å². The van der Waals surface area contributed by atoms with Crippen LogP contribution in [0.1, 0.15) is 30.1 Å². The van der Waals surface area contributed by atoms with Gasteiger partial charge in [-0.05, 0) is 25.5 Å². The maximum absolute atomic E-state index is 13.6. The minimum Gasteiger partial charge on any atom is -0.351 e. The monoisotopic (exact) mass is 382 g/mol. The number of hydrogen-bond acceptors (Lipinski definition) is 4. The van der Waals surface area contributed by atoms with Crippen LogP contribution < -0.4 is 5.32 Å². The number of hydrogen-bond donors (Lipinski definition) is 1. The van der Waals surface area contributed by atoms with Gasteiger partial charge in [-0.15, -0.1) is 6.58 Å². The highest BCUT2D eigenvalue weighted by Crippen LogP contribution is 2.30. The quantitative estimate of drug-likeness (QED) is 0.725. The van der Waals surface area contributed by atoms with Gasteiger partial charge in [0, 0.05) is 19.5 Å². The Balaban J connectivity index is 1.97. The Bertz CT molecular complexity index is 809. The molecule has 0 aromatic heterocycles. The average Bonchev–Trinajstić information content (AvgIpc) is 2.86. The predicted molar refractivity (Wildman–Crippen MR) is 96.9 cm³/mol. The van der Waals surface area contributed by atoms with Crippen LogP contribution in [0.4, 0.5) is 4.39 Å². The summed E-state index contributed by atoms with van der Waals surface area (Å²) < 4.78 is 37.2. The molecule has 0 radical (unpaired) electrons. The van der Waals surface area contributed by atoms with Crippen molar-refractivity contribution in [2.45, 2.75) is 25.3 Å². The summed E-state index contributed by atoms with van der Waals surface area (Å²) in [6.07, 6.45) is 1.91. The summed E-state index contributed by atoms with van der Waals surface area (Å²) in [7, 11) is -3.17. The van der Waals surface area contributed by atoms with E-state index in [9.17, 15) is 22.4 Å². The number of rotatable bonds is 7. The molecule has 0 aliphatic carbocycles. The summed E-state index contributed by atoms with van der Waals surface area (Å²) in [6, 6.07) is 5.59. The maximum Gasteiger partial charge on any atom is 0.254 e. The number of nitrogens with zero attached hydrogens (tertiary/aromatic N) is 1. The molecule has 1 heterocycles. The van der Waals surface area contributed by atoms with Crippen LogP contribution in [0.5, 0.6) is 0 Å². The topological polar surface area (TPSA) is 83.6 Å². The second-order valence-electron chi connectivity index (χ2n) is 6.62. The molecule has 1 fully saturated rings. The molecular weight excluding hydrogens is 359 g/mol. The Hall–Kier alpha value is -2.22. The molecule has 1 aliphatic rings. The first-order chi connectivity index (χ1) is 12.2. The minimum atomic E-state index is -3.17. The smallest absolute Gasteiger partial charge is 0.254 e. The lowest BCUT2D eigenvalue weighted by atomic mass is 9.98. The fourth-order valence-electron chi connectivity index (χ4n) is 3.12. The Morgan fingerprint density at radius 1 is 1.38 bits per heavy atom. The van der Waals surface area contributed by atoms with E-state index >= 15 is 0 Å². The first kappa shape index (κ1) is 20.1. The van der Waals surface area contributed by atoms with Gasteiger partial charge in [0.2, 0.25) is 5.91 Å². The van der Waals surface area contributed by atoms with Gasteiger partial charge in [-0.1, -0.05) is 18.2 Å². The molecular formula is C18H23FN2O4S. The third-order valence-electron chi connectivity index (χ3n) is 4.49. The Labute approximate surface area is 153 Å². The van der Waals surface area contributed by atoms with E-state index < -0.39 is 27.1 Å². The standard InChI is InChI=1S/C18H23FN2O4S/c1-3-11-21(18(2)9-12-26(24,25)13-18)16(22)8-10-20-17(23)14-6-4-5-7-15(14)19/h3-7H,1,8-13H2,2H3,(H,20,23). The van der Waals surface area contributed by atoms with E-state index in [0.717, 1.165) is 0 Å². The molecule has 1 aliphatic heterocycles. The van der Waals surface area contributed by atoms with Crippen LogP contribution in [0.2, 0.25) is 0 Å². The molecule has 1 unspecified atom stereocenters. The molecule has 1 aromatic rings. The highest BCUT2D eigenvalue weighted by molar-refractivity contribution is 7.91. The molecule has 2 amide bonds. The van der Waals surface area contributed by atoms with Crippen LogP contribution >= 0.6 is 0 Å². The van der Waals surface area contributed by atoms with E-state index in [-0.39, 0.29) is 42.5 Å². The normalized spacial score (nSPS) is 21.2. The van der Waals surface area contributed by atoms with Gasteiger partial charge in [0.05, 0.1) is 22.6 Å². The summed E-state index contributed by atoms with van der Waals surface area (Å²) in [4.78, 5) is 26.1. The molecule has 1 saturated heterocycles. The molecule has 0 saturated carbocycles. The third-order valence-corrected chi connectivity index (χ3v) is 6.38. The van der Waals surface area contributed by atoms with Gasteiger partial charge < -0.3 is 10.2 Å². The number of nitrogens with one attached hydrogen (secondary N) is 1. The van der Waals surface area contributed by atoms with Crippen LogP contribution in [-0.4, -0.2) is 55.3 Å². The molecule has 1 aromatic carbocycles. The second-order valence-corrected chi connectivity index (χ2v) is 8.80. The zero-order valence-corrected chi connectivity index (χ0v) is 15.5. The molecule has 1 N–H and O–H groups in total. The van der Waals surface area contributed by atoms with Crippen molar-refractivity contribution in [1.29, 1.82) is 0 Å². The molecule has 8 heteroatoms. The number of amides is 2. The first-order valence-electron chi connectivity index (χ1n) is 8.33. The van der Waals surface area contributed by atoms with E-state index in [2.05, 4.69) is 11.9 Å². The van der Waals surface area contributed by atoms with Crippen molar-refractivity contribution >= 4 is 21.7 Å². The predicted octanol–water partition coefficient (Wildman–Crippen LogP) is 1.54. The lowest BCUT2D eigenvalue weighted by molar-refractivity contribution is -0.135. The number of carbonyl (C=O) groups excluding carboxylic acids is 2. The van der Waals surface area contributed by atoms with Crippen molar-refractivity contribution in [1.82, 2.24) is 10.2 Å². The van der Waals surface area contributed by atoms with Crippen LogP contribution in [0.3, 0.4) is 0 Å². The molecule has 26 heavy (non-hydrogen) atoms. The zero-order valence-electron chi connectivity index (χ0n) is 14.7. The van der Waals surface area contributed by atoms with Crippen molar-refractivity contribution < 1.29 is 22.4 Å². The van der Waals surface area contributed by atoms with E-state index in [1.807, 2.05) is 0 Å². The van der Waals surface area contributed by atoms with Gasteiger partial charge in [-0.2, -0.15) is 0 Å². The molecule has 0 bridgehead atoms. The Morgan fingerprint density at radius 2 is 2.08 bits per heavy atom. The van der Waals surface area contributed by atoms with Crippen LogP contribution in [-0.2, 0) is 14.6 Å². The van der Waals surface area contributed by atoms with E-state index in [4.69, 9.17) is 0 Å². The lowest BCUT2D eigenvalue weighted by Gasteiger charge is -2.37. The third kappa shape index (κ3) is 4.69. The van der Waals surface area contributed by atoms with Crippen molar-refractivity contribution in [3.8, 4) is 0 Å². The van der Waals surface area contributed by atoms with Crippen molar-refractivity contribution in [3.05, 3.63) is 48.3 Å². The van der Waals surface area contributed by atoms with Gasteiger partial charge in [-0.3, -0.25) is 9.59 Å². The molecule has 2 rings (SSSR count). The zero-order chi connectivity index (χ0) is 19.4. The van der Waals surface area contributed by atoms with Crippen LogP contribution in [0, 0.1) is 5.82 Å². The largest absolute Gasteiger partial charge is 0.351 e. The molecule has 6 nitrogen and oxygen atoms in total. The van der Waals surface area contributed by atoms with Crippen molar-refractivity contribution in [2.75, 3.05) is 24.6 Å². The summed E-state index contributed by atoms with van der Waals surface area (Å²) in [5, 5.41) is 2.52. The van der Waals surface area contributed by atoms with Crippen molar-refractivity contribution in [2.24, 2.45) is 0 Å². The first-order valence-corrected chi connectivity index (χ1v) is 10.2. The van der Waals surface area contributed by atoms with Gasteiger partial charge in [0.1, 0.15) is 5.82 Å². The highest BCUT2D eigenvalue weighted by atomic mass is 32.2. The molecule has 142 valence electrons. The van der Waals surface area contributed by atoms with Crippen LogP contribution in [0.15, 0.2) is 36.9 Å².